The Hall–Kier alpha value is -3.58. The van der Waals surface area contributed by atoms with E-state index in [-0.39, 0.29) is 11.7 Å². The first-order valence-electron chi connectivity index (χ1n) is 9.79. The van der Waals surface area contributed by atoms with E-state index in [2.05, 4.69) is 5.32 Å². The van der Waals surface area contributed by atoms with E-state index in [1.165, 1.54) is 24.3 Å². The van der Waals surface area contributed by atoms with Crippen LogP contribution in [0.1, 0.15) is 17.2 Å². The normalized spacial score (nSPS) is 11.5. The maximum absolute atomic E-state index is 13.2. The van der Waals surface area contributed by atoms with Crippen molar-refractivity contribution in [1.29, 1.82) is 0 Å². The number of halogens is 1. The lowest BCUT2D eigenvalue weighted by Gasteiger charge is -2.18. The largest absolute Gasteiger partial charge is 0.496 e. The number of quaternary nitrogens is 1. The lowest BCUT2D eigenvalue weighted by Crippen LogP contribution is -2.85. The van der Waals surface area contributed by atoms with Crippen LogP contribution < -0.4 is 24.8 Å². The number of hydrogen-bond acceptors (Lipinski definition) is 4. The molecule has 3 rings (SSSR count). The van der Waals surface area contributed by atoms with Crippen LogP contribution in [-0.2, 0) is 11.3 Å². The molecule has 0 radical (unpaired) electrons. The Bertz CT molecular complexity index is 1010. The van der Waals surface area contributed by atoms with Gasteiger partial charge in [0, 0.05) is 17.3 Å². The number of methoxy groups -OCH3 is 3. The van der Waals surface area contributed by atoms with Crippen LogP contribution in [-0.4, -0.2) is 27.2 Å². The SMILES string of the molecule is COc1cc(OC)c(OC)cc1C[NH2+][C@H](C(=O)Nc1ccc(F)cc1)c1ccccc1. The van der Waals surface area contributed by atoms with Crippen LogP contribution in [0, 0.1) is 5.82 Å². The summed E-state index contributed by atoms with van der Waals surface area (Å²) in [5.41, 5.74) is 2.24. The Morgan fingerprint density at radius 3 is 2.13 bits per heavy atom. The number of rotatable bonds is 9. The molecule has 3 N–H and O–H groups in total. The molecule has 0 spiro atoms. The van der Waals surface area contributed by atoms with Crippen molar-refractivity contribution in [1.82, 2.24) is 0 Å². The van der Waals surface area contributed by atoms with Gasteiger partial charge in [-0.3, -0.25) is 4.79 Å². The van der Waals surface area contributed by atoms with Crippen LogP contribution in [0.3, 0.4) is 0 Å². The van der Waals surface area contributed by atoms with Crippen molar-refractivity contribution < 1.29 is 28.7 Å². The zero-order valence-electron chi connectivity index (χ0n) is 17.7. The van der Waals surface area contributed by atoms with Crippen LogP contribution in [0.15, 0.2) is 66.7 Å². The van der Waals surface area contributed by atoms with Crippen LogP contribution in [0.5, 0.6) is 17.2 Å². The van der Waals surface area contributed by atoms with Crippen LogP contribution in [0.4, 0.5) is 10.1 Å². The molecular weight excluding hydrogens is 399 g/mol. The number of nitrogens with two attached hydrogens (primary N) is 1. The number of amides is 1. The maximum Gasteiger partial charge on any atom is 0.287 e. The monoisotopic (exact) mass is 425 g/mol. The van der Waals surface area contributed by atoms with E-state index < -0.39 is 6.04 Å². The zero-order chi connectivity index (χ0) is 22.2. The molecule has 0 fully saturated rings. The number of hydrogen-bond donors (Lipinski definition) is 2. The fourth-order valence-corrected chi connectivity index (χ4v) is 3.30. The second-order valence-corrected chi connectivity index (χ2v) is 6.84. The third-order valence-electron chi connectivity index (χ3n) is 4.91. The fraction of sp³-hybridized carbons (Fsp3) is 0.208. The van der Waals surface area contributed by atoms with Crippen molar-refractivity contribution in [2.24, 2.45) is 0 Å². The summed E-state index contributed by atoms with van der Waals surface area (Å²) in [6.07, 6.45) is 0. The summed E-state index contributed by atoms with van der Waals surface area (Å²) in [6, 6.07) is 18.2. The molecule has 0 bridgehead atoms. The second kappa shape index (κ2) is 10.4. The number of carbonyl (C=O) groups is 1. The van der Waals surface area contributed by atoms with Gasteiger partial charge >= 0.3 is 0 Å². The predicted molar refractivity (Wildman–Crippen MR) is 116 cm³/mol. The average molecular weight is 425 g/mol. The lowest BCUT2D eigenvalue weighted by molar-refractivity contribution is -0.697. The Morgan fingerprint density at radius 2 is 1.52 bits per heavy atom. The van der Waals surface area contributed by atoms with Gasteiger partial charge in [-0.15, -0.1) is 0 Å². The highest BCUT2D eigenvalue weighted by atomic mass is 19.1. The van der Waals surface area contributed by atoms with Crippen molar-refractivity contribution in [3.8, 4) is 17.2 Å². The van der Waals surface area contributed by atoms with Gasteiger partial charge in [-0.05, 0) is 30.3 Å². The maximum atomic E-state index is 13.2. The minimum atomic E-state index is -0.524. The van der Waals surface area contributed by atoms with E-state index in [1.807, 2.05) is 41.7 Å². The number of benzene rings is 3. The zero-order valence-corrected chi connectivity index (χ0v) is 17.7. The fourth-order valence-electron chi connectivity index (χ4n) is 3.30. The minimum Gasteiger partial charge on any atom is -0.496 e. The van der Waals surface area contributed by atoms with Crippen LogP contribution in [0.2, 0.25) is 0 Å². The summed E-state index contributed by atoms with van der Waals surface area (Å²) >= 11 is 0. The molecule has 1 amide bonds. The molecule has 3 aromatic rings. The molecule has 3 aromatic carbocycles. The third kappa shape index (κ3) is 5.52. The minimum absolute atomic E-state index is 0.211. The van der Waals surface area contributed by atoms with Gasteiger partial charge in [0.25, 0.3) is 5.91 Å². The topological polar surface area (TPSA) is 73.4 Å². The Morgan fingerprint density at radius 1 is 0.903 bits per heavy atom. The predicted octanol–water partition coefficient (Wildman–Crippen LogP) is 3.29. The lowest BCUT2D eigenvalue weighted by atomic mass is 10.0. The first-order valence-corrected chi connectivity index (χ1v) is 9.79. The van der Waals surface area contributed by atoms with Gasteiger partial charge in [-0.2, -0.15) is 0 Å². The van der Waals surface area contributed by atoms with Crippen molar-refractivity contribution in [2.45, 2.75) is 12.6 Å². The quantitative estimate of drug-likeness (QED) is 0.552. The van der Waals surface area contributed by atoms with E-state index in [4.69, 9.17) is 14.2 Å². The summed E-state index contributed by atoms with van der Waals surface area (Å²) in [6.45, 7) is 0.458. The highest BCUT2D eigenvalue weighted by molar-refractivity contribution is 5.94. The molecule has 6 nitrogen and oxygen atoms in total. The van der Waals surface area contributed by atoms with Gasteiger partial charge in [0.15, 0.2) is 17.5 Å². The van der Waals surface area contributed by atoms with Gasteiger partial charge in [-0.25, -0.2) is 4.39 Å². The molecule has 0 heterocycles. The van der Waals surface area contributed by atoms with Gasteiger partial charge in [0.2, 0.25) is 0 Å². The molecule has 0 aliphatic rings. The van der Waals surface area contributed by atoms with Gasteiger partial charge < -0.3 is 24.8 Å². The molecule has 0 saturated heterocycles. The summed E-state index contributed by atoms with van der Waals surface area (Å²) < 4.78 is 29.4. The number of ether oxygens (including phenoxy) is 3. The third-order valence-corrected chi connectivity index (χ3v) is 4.91. The van der Waals surface area contributed by atoms with Crippen LogP contribution >= 0.6 is 0 Å². The van der Waals surface area contributed by atoms with Crippen molar-refractivity contribution in [2.75, 3.05) is 26.6 Å². The number of anilines is 1. The van der Waals surface area contributed by atoms with Gasteiger partial charge in [-0.1, -0.05) is 30.3 Å². The Balaban J connectivity index is 1.84. The van der Waals surface area contributed by atoms with Crippen molar-refractivity contribution >= 4 is 11.6 Å². The molecule has 0 saturated carbocycles. The number of carbonyl (C=O) groups excluding carboxylic acids is 1. The molecule has 162 valence electrons. The molecule has 1 atom stereocenters. The molecule has 0 unspecified atom stereocenters. The van der Waals surface area contributed by atoms with Crippen LogP contribution in [0.25, 0.3) is 0 Å². The highest BCUT2D eigenvalue weighted by Gasteiger charge is 2.25. The van der Waals surface area contributed by atoms with Gasteiger partial charge in [0.1, 0.15) is 18.1 Å². The summed E-state index contributed by atoms with van der Waals surface area (Å²) in [4.78, 5) is 13.1. The summed E-state index contributed by atoms with van der Waals surface area (Å²) in [5, 5.41) is 4.78. The molecule has 0 aliphatic heterocycles. The summed E-state index contributed by atoms with van der Waals surface area (Å²) in [5.74, 6) is 1.22. The molecule has 0 aliphatic carbocycles. The average Bonchev–Trinajstić information content (AvgIpc) is 2.80. The first kappa shape index (κ1) is 22.1. The Kier molecular flexibility index (Phi) is 7.45. The van der Waals surface area contributed by atoms with E-state index in [0.29, 0.717) is 29.5 Å². The molecule has 31 heavy (non-hydrogen) atoms. The Labute approximate surface area is 181 Å². The number of nitrogens with one attached hydrogen (secondary N) is 1. The van der Waals surface area contributed by atoms with Gasteiger partial charge in [0.05, 0.1) is 26.9 Å². The first-order chi connectivity index (χ1) is 15.0. The molecule has 0 aromatic heterocycles. The second-order valence-electron chi connectivity index (χ2n) is 6.84. The molecule has 7 heteroatoms. The highest BCUT2D eigenvalue weighted by Crippen LogP contribution is 2.34. The molecular formula is C24H26FN2O4+. The van der Waals surface area contributed by atoms with E-state index in [0.717, 1.165) is 11.1 Å². The van der Waals surface area contributed by atoms with E-state index in [1.54, 1.807) is 27.4 Å². The van der Waals surface area contributed by atoms with Crippen molar-refractivity contribution in [3.63, 3.8) is 0 Å². The smallest absolute Gasteiger partial charge is 0.287 e. The van der Waals surface area contributed by atoms with Crippen molar-refractivity contribution in [3.05, 3.63) is 83.7 Å². The standard InChI is InChI=1S/C24H25FN2O4/c1-29-20-14-22(31-3)21(30-2)13-17(20)15-26-23(16-7-5-4-6-8-16)24(28)27-19-11-9-18(25)10-12-19/h4-14,23,26H,15H2,1-3H3,(H,27,28)/p+1/t23-/m0/s1. The van der Waals surface area contributed by atoms with E-state index >= 15 is 0 Å². The summed E-state index contributed by atoms with van der Waals surface area (Å²) in [7, 11) is 4.72. The van der Waals surface area contributed by atoms with E-state index in [9.17, 15) is 9.18 Å².